The third kappa shape index (κ3) is 4.68. The average molecular weight is 381 g/mol. The van der Waals surface area contributed by atoms with Gasteiger partial charge in [0.1, 0.15) is 0 Å². The van der Waals surface area contributed by atoms with Gasteiger partial charge in [-0.15, -0.1) is 23.7 Å². The molecule has 23 heavy (non-hydrogen) atoms. The van der Waals surface area contributed by atoms with Gasteiger partial charge in [-0.1, -0.05) is 0 Å². The van der Waals surface area contributed by atoms with Crippen LogP contribution in [0.15, 0.2) is 12.1 Å². The molecule has 5 nitrogen and oxygen atoms in total. The summed E-state index contributed by atoms with van der Waals surface area (Å²) in [5.74, 6) is -0.350. The maximum absolute atomic E-state index is 12.7. The Morgan fingerprint density at radius 2 is 2.00 bits per heavy atom. The molecule has 1 saturated heterocycles. The van der Waals surface area contributed by atoms with Crippen LogP contribution in [0.2, 0.25) is 0 Å². The number of piperidine rings is 1. The highest BCUT2D eigenvalue weighted by Crippen LogP contribution is 2.28. The molecule has 0 aromatic carbocycles. The third-order valence-corrected chi connectivity index (χ3v) is 7.25. The van der Waals surface area contributed by atoms with Gasteiger partial charge in [-0.25, -0.2) is 8.42 Å². The minimum atomic E-state index is -3.45. The van der Waals surface area contributed by atoms with Gasteiger partial charge in [0.2, 0.25) is 5.91 Å². The Kier molecular flexibility index (Phi) is 7.07. The minimum absolute atomic E-state index is 0. The first-order chi connectivity index (χ1) is 10.2. The van der Waals surface area contributed by atoms with Crippen molar-refractivity contribution < 1.29 is 13.2 Å². The van der Waals surface area contributed by atoms with Crippen molar-refractivity contribution in [1.82, 2.24) is 10.6 Å². The van der Waals surface area contributed by atoms with Gasteiger partial charge < -0.3 is 10.6 Å². The van der Waals surface area contributed by atoms with Crippen LogP contribution in [0.4, 0.5) is 0 Å². The molecule has 1 aliphatic heterocycles. The van der Waals surface area contributed by atoms with Crippen molar-refractivity contribution in [3.63, 3.8) is 0 Å². The lowest BCUT2D eigenvalue weighted by atomic mass is 9.95. The van der Waals surface area contributed by atoms with Crippen molar-refractivity contribution in [2.75, 3.05) is 19.3 Å². The highest BCUT2D eigenvalue weighted by atomic mass is 35.5. The van der Waals surface area contributed by atoms with Gasteiger partial charge in [0.25, 0.3) is 0 Å². The molecule has 0 bridgehead atoms. The van der Waals surface area contributed by atoms with Gasteiger partial charge in [-0.05, 0) is 51.9 Å². The van der Waals surface area contributed by atoms with E-state index in [0.717, 1.165) is 6.42 Å². The normalized spacial score (nSPS) is 18.7. The molecule has 2 N–H and O–H groups in total. The highest BCUT2D eigenvalue weighted by molar-refractivity contribution is 7.92. The molecule has 1 aromatic rings. The van der Waals surface area contributed by atoms with Crippen LogP contribution >= 0.6 is 23.7 Å². The molecule has 0 spiro atoms. The van der Waals surface area contributed by atoms with Crippen LogP contribution in [0.3, 0.4) is 0 Å². The topological polar surface area (TPSA) is 75.3 Å². The van der Waals surface area contributed by atoms with Crippen LogP contribution in [-0.2, 0) is 21.1 Å². The lowest BCUT2D eigenvalue weighted by molar-refractivity contribution is -0.124. The van der Waals surface area contributed by atoms with E-state index >= 15 is 0 Å². The second-order valence-electron chi connectivity index (χ2n) is 6.11. The molecule has 0 aliphatic carbocycles. The third-order valence-electron chi connectivity index (χ3n) is 4.22. The second-order valence-corrected chi connectivity index (χ2v) is 9.81. The first kappa shape index (κ1) is 20.4. The van der Waals surface area contributed by atoms with Crippen LogP contribution in [0, 0.1) is 6.92 Å². The largest absolute Gasteiger partial charge is 0.352 e. The molecule has 2 heterocycles. The quantitative estimate of drug-likeness (QED) is 0.815. The van der Waals surface area contributed by atoms with E-state index in [1.165, 1.54) is 16.0 Å². The van der Waals surface area contributed by atoms with Crippen LogP contribution < -0.4 is 10.6 Å². The molecule has 1 fully saturated rings. The van der Waals surface area contributed by atoms with E-state index in [1.54, 1.807) is 11.3 Å². The molecule has 132 valence electrons. The zero-order valence-corrected chi connectivity index (χ0v) is 16.2. The molecule has 1 amide bonds. The van der Waals surface area contributed by atoms with Gasteiger partial charge in [0.15, 0.2) is 14.6 Å². The maximum atomic E-state index is 12.7. The number of aryl methyl sites for hydroxylation is 1. The second kappa shape index (κ2) is 7.96. The summed E-state index contributed by atoms with van der Waals surface area (Å²) in [6, 6.07) is 4.03. The lowest BCUT2D eigenvalue weighted by Crippen LogP contribution is -2.58. The molecular formula is C15H25ClN2O3S2. The first-order valence-corrected chi connectivity index (χ1v) is 10.2. The van der Waals surface area contributed by atoms with Gasteiger partial charge >= 0.3 is 0 Å². The average Bonchev–Trinajstić information content (AvgIpc) is 2.83. The van der Waals surface area contributed by atoms with Crippen LogP contribution in [0.1, 0.15) is 29.5 Å². The molecule has 1 unspecified atom stereocenters. The summed E-state index contributed by atoms with van der Waals surface area (Å²) in [5.41, 5.74) is 0. The number of thiophene rings is 1. The SMILES string of the molecule is Cc1ccc(CC(C)NC(=O)C2(S(C)(=O)=O)CCNCC2)s1.Cl. The van der Waals surface area contributed by atoms with E-state index in [1.807, 2.05) is 13.8 Å². The Morgan fingerprint density at radius 3 is 2.48 bits per heavy atom. The smallest absolute Gasteiger partial charge is 0.241 e. The number of carbonyl (C=O) groups is 1. The fourth-order valence-electron chi connectivity index (χ4n) is 2.90. The van der Waals surface area contributed by atoms with Crippen molar-refractivity contribution in [2.24, 2.45) is 0 Å². The predicted molar refractivity (Wildman–Crippen MR) is 97.3 cm³/mol. The van der Waals surface area contributed by atoms with Gasteiger partial charge in [-0.2, -0.15) is 0 Å². The van der Waals surface area contributed by atoms with E-state index in [4.69, 9.17) is 0 Å². The summed E-state index contributed by atoms with van der Waals surface area (Å²) >= 11 is 1.70. The Bertz CT molecular complexity index is 637. The number of nitrogens with one attached hydrogen (secondary N) is 2. The number of hydrogen-bond donors (Lipinski definition) is 2. The molecule has 1 atom stereocenters. The first-order valence-electron chi connectivity index (χ1n) is 7.51. The standard InChI is InChI=1S/C15H24N2O3S2.ClH/c1-11(10-13-5-4-12(2)21-13)17-14(18)15(22(3,19)20)6-8-16-9-7-15;/h4-5,11,16H,6-10H2,1-3H3,(H,17,18);1H. The van der Waals surface area contributed by atoms with E-state index in [9.17, 15) is 13.2 Å². The summed E-state index contributed by atoms with van der Waals surface area (Å²) in [5, 5.41) is 6.04. The molecule has 2 rings (SSSR count). The fraction of sp³-hybridized carbons (Fsp3) is 0.667. The van der Waals surface area contributed by atoms with Crippen molar-refractivity contribution in [1.29, 1.82) is 0 Å². The monoisotopic (exact) mass is 380 g/mol. The molecule has 1 aromatic heterocycles. The molecular weight excluding hydrogens is 356 g/mol. The Balaban J connectivity index is 0.00000264. The Morgan fingerprint density at radius 1 is 1.39 bits per heavy atom. The minimum Gasteiger partial charge on any atom is -0.352 e. The Labute approximate surface area is 148 Å². The highest BCUT2D eigenvalue weighted by Gasteiger charge is 2.48. The summed E-state index contributed by atoms with van der Waals surface area (Å²) < 4.78 is 23.1. The van der Waals surface area contributed by atoms with Crippen LogP contribution in [-0.4, -0.2) is 44.5 Å². The van der Waals surface area contributed by atoms with Gasteiger partial charge in [0.05, 0.1) is 0 Å². The van der Waals surface area contributed by atoms with Crippen molar-refractivity contribution in [2.45, 2.75) is 43.9 Å². The summed E-state index contributed by atoms with van der Waals surface area (Å²) in [6.45, 7) is 5.08. The number of hydrogen-bond acceptors (Lipinski definition) is 5. The van der Waals surface area contributed by atoms with E-state index in [-0.39, 0.29) is 24.4 Å². The van der Waals surface area contributed by atoms with E-state index in [2.05, 4.69) is 22.8 Å². The summed E-state index contributed by atoms with van der Waals surface area (Å²) in [7, 11) is -3.45. The Hall–Kier alpha value is -0.630. The summed E-state index contributed by atoms with van der Waals surface area (Å²) in [6.07, 6.45) is 2.57. The van der Waals surface area contributed by atoms with Gasteiger partial charge in [-0.3, -0.25) is 4.79 Å². The fourth-order valence-corrected chi connectivity index (χ4v) is 5.26. The van der Waals surface area contributed by atoms with Crippen molar-refractivity contribution >= 4 is 39.5 Å². The number of carbonyl (C=O) groups excluding carboxylic acids is 1. The number of amides is 1. The number of sulfone groups is 1. The van der Waals surface area contributed by atoms with Gasteiger partial charge in [0, 0.05) is 28.5 Å². The van der Waals surface area contributed by atoms with Crippen LogP contribution in [0.25, 0.3) is 0 Å². The van der Waals surface area contributed by atoms with E-state index < -0.39 is 14.6 Å². The number of rotatable bonds is 5. The molecule has 1 aliphatic rings. The zero-order chi connectivity index (χ0) is 16.4. The van der Waals surface area contributed by atoms with Crippen molar-refractivity contribution in [3.05, 3.63) is 21.9 Å². The molecule has 8 heteroatoms. The predicted octanol–water partition coefficient (Wildman–Crippen LogP) is 1.69. The molecule has 0 saturated carbocycles. The van der Waals surface area contributed by atoms with E-state index in [0.29, 0.717) is 25.9 Å². The zero-order valence-electron chi connectivity index (χ0n) is 13.7. The van der Waals surface area contributed by atoms with Crippen LogP contribution in [0.5, 0.6) is 0 Å². The number of halogens is 1. The maximum Gasteiger partial charge on any atom is 0.241 e. The van der Waals surface area contributed by atoms with Crippen molar-refractivity contribution in [3.8, 4) is 0 Å². The summed E-state index contributed by atoms with van der Waals surface area (Å²) in [4.78, 5) is 15.1. The molecule has 0 radical (unpaired) electrons. The lowest BCUT2D eigenvalue weighted by Gasteiger charge is -2.35.